The van der Waals surface area contributed by atoms with Crippen molar-refractivity contribution in [2.45, 2.75) is 32.2 Å². The first-order valence-corrected chi connectivity index (χ1v) is 10.00. The quantitative estimate of drug-likeness (QED) is 0.529. The summed E-state index contributed by atoms with van der Waals surface area (Å²) >= 11 is 0. The van der Waals surface area contributed by atoms with Gasteiger partial charge >= 0.3 is 6.36 Å². The van der Waals surface area contributed by atoms with Crippen molar-refractivity contribution in [3.05, 3.63) is 60.0 Å². The fourth-order valence-corrected chi connectivity index (χ4v) is 3.49. The summed E-state index contributed by atoms with van der Waals surface area (Å²) in [6, 6.07) is 12.7. The maximum absolute atomic E-state index is 12.5. The number of rotatable bonds is 7. The molecular weight excluding hydrogens is 427 g/mol. The molecule has 0 aliphatic carbocycles. The monoisotopic (exact) mass is 447 g/mol. The number of benzene rings is 2. The number of halogens is 3. The van der Waals surface area contributed by atoms with E-state index in [1.165, 1.54) is 24.3 Å². The lowest BCUT2D eigenvalue weighted by molar-refractivity contribution is -0.274. The minimum atomic E-state index is -4.76. The number of hydrogen-bond donors (Lipinski definition) is 0. The number of carbonyl (C=O) groups excluding carboxylic acids is 1. The molecule has 0 N–H and O–H groups in total. The minimum absolute atomic E-state index is 0.0164. The van der Waals surface area contributed by atoms with Crippen LogP contribution >= 0.6 is 0 Å². The molecule has 0 saturated carbocycles. The van der Waals surface area contributed by atoms with E-state index in [9.17, 15) is 18.0 Å². The second-order valence-corrected chi connectivity index (χ2v) is 7.28. The lowest BCUT2D eigenvalue weighted by Crippen LogP contribution is -2.24. The van der Waals surface area contributed by atoms with E-state index < -0.39 is 6.36 Å². The van der Waals surface area contributed by atoms with Crippen LogP contribution in [0, 0.1) is 0 Å². The Kier molecular flexibility index (Phi) is 6.02. The largest absolute Gasteiger partial charge is 0.573 e. The SMILES string of the molecule is CCOc1ccc(CN2CC(c3nc(-c4ccc(OC(F)(F)F)cc4)no3)CC2=O)cc1. The van der Waals surface area contributed by atoms with Gasteiger partial charge in [0.05, 0.1) is 12.5 Å². The van der Waals surface area contributed by atoms with Crippen LogP contribution in [0.5, 0.6) is 11.5 Å². The maximum atomic E-state index is 12.5. The molecule has 1 aromatic heterocycles. The predicted octanol–water partition coefficient (Wildman–Crippen LogP) is 4.55. The van der Waals surface area contributed by atoms with Crippen molar-refractivity contribution in [1.82, 2.24) is 15.0 Å². The van der Waals surface area contributed by atoms with Gasteiger partial charge in [-0.15, -0.1) is 13.2 Å². The molecule has 7 nitrogen and oxygen atoms in total. The van der Waals surface area contributed by atoms with Crippen molar-refractivity contribution in [3.63, 3.8) is 0 Å². The molecule has 1 atom stereocenters. The topological polar surface area (TPSA) is 77.7 Å². The Balaban J connectivity index is 1.39. The molecule has 0 spiro atoms. The Bertz CT molecular complexity index is 1070. The van der Waals surface area contributed by atoms with Crippen molar-refractivity contribution in [3.8, 4) is 22.9 Å². The number of likely N-dealkylation sites (tertiary alicyclic amines) is 1. The molecule has 0 radical (unpaired) electrons. The summed E-state index contributed by atoms with van der Waals surface area (Å²) in [5.74, 6) is 0.722. The molecule has 4 rings (SSSR count). The number of ether oxygens (including phenoxy) is 2. The highest BCUT2D eigenvalue weighted by Crippen LogP contribution is 2.31. The Morgan fingerprint density at radius 1 is 1.09 bits per heavy atom. The smallest absolute Gasteiger partial charge is 0.494 e. The van der Waals surface area contributed by atoms with Gasteiger partial charge in [0.1, 0.15) is 11.5 Å². The van der Waals surface area contributed by atoms with Crippen LogP contribution in [0.15, 0.2) is 53.1 Å². The normalized spacial score (nSPS) is 16.4. The molecule has 1 amide bonds. The number of amides is 1. The van der Waals surface area contributed by atoms with Crippen molar-refractivity contribution < 1.29 is 32.0 Å². The predicted molar refractivity (Wildman–Crippen MR) is 107 cm³/mol. The third-order valence-electron chi connectivity index (χ3n) is 4.96. The first-order chi connectivity index (χ1) is 15.3. The average molecular weight is 447 g/mol. The second-order valence-electron chi connectivity index (χ2n) is 7.28. The van der Waals surface area contributed by atoms with E-state index in [4.69, 9.17) is 9.26 Å². The van der Waals surface area contributed by atoms with Crippen molar-refractivity contribution >= 4 is 5.91 Å². The molecule has 0 bridgehead atoms. The van der Waals surface area contributed by atoms with Crippen molar-refractivity contribution in [2.24, 2.45) is 0 Å². The number of aromatic nitrogens is 2. The Morgan fingerprint density at radius 2 is 1.78 bits per heavy atom. The first kappa shape index (κ1) is 21.7. The Hall–Kier alpha value is -3.56. The molecular formula is C22H20F3N3O4. The van der Waals surface area contributed by atoms with Crippen LogP contribution in [0.25, 0.3) is 11.4 Å². The van der Waals surface area contributed by atoms with E-state index in [1.807, 2.05) is 31.2 Å². The van der Waals surface area contributed by atoms with Crippen LogP contribution in [0.1, 0.15) is 30.7 Å². The zero-order chi connectivity index (χ0) is 22.7. The molecule has 32 heavy (non-hydrogen) atoms. The number of alkyl halides is 3. The minimum Gasteiger partial charge on any atom is -0.494 e. The van der Waals surface area contributed by atoms with Gasteiger partial charge in [0.2, 0.25) is 17.6 Å². The molecule has 1 saturated heterocycles. The standard InChI is InChI=1S/C22H20F3N3O4/c1-2-30-17-7-3-14(4-8-17)12-28-13-16(11-19(28)29)21-26-20(27-32-21)15-5-9-18(10-6-15)31-22(23,24)25/h3-10,16H,2,11-13H2,1H3. The molecule has 1 fully saturated rings. The fraction of sp³-hybridized carbons (Fsp3) is 0.318. The summed E-state index contributed by atoms with van der Waals surface area (Å²) in [6.07, 6.45) is -4.51. The lowest BCUT2D eigenvalue weighted by Gasteiger charge is -2.16. The van der Waals surface area contributed by atoms with Gasteiger partial charge in [0.15, 0.2) is 0 Å². The van der Waals surface area contributed by atoms with Crippen LogP contribution in [-0.4, -0.2) is 40.5 Å². The van der Waals surface area contributed by atoms with Gasteiger partial charge in [-0.25, -0.2) is 0 Å². The van der Waals surface area contributed by atoms with Crippen LogP contribution in [0.2, 0.25) is 0 Å². The number of carbonyl (C=O) groups is 1. The summed E-state index contributed by atoms with van der Waals surface area (Å²) < 4.78 is 51.5. The zero-order valence-electron chi connectivity index (χ0n) is 17.1. The van der Waals surface area contributed by atoms with E-state index in [1.54, 1.807) is 4.90 Å². The van der Waals surface area contributed by atoms with Gasteiger partial charge in [-0.1, -0.05) is 17.3 Å². The van der Waals surface area contributed by atoms with Crippen LogP contribution < -0.4 is 9.47 Å². The Labute approximate surface area is 181 Å². The number of hydrogen-bond acceptors (Lipinski definition) is 6. The number of nitrogens with zero attached hydrogens (tertiary/aromatic N) is 3. The molecule has 10 heteroatoms. The highest BCUT2D eigenvalue weighted by atomic mass is 19.4. The van der Waals surface area contributed by atoms with Gasteiger partial charge in [0.25, 0.3) is 0 Å². The highest BCUT2D eigenvalue weighted by molar-refractivity contribution is 5.79. The average Bonchev–Trinajstić information content (AvgIpc) is 3.37. The van der Waals surface area contributed by atoms with Crippen molar-refractivity contribution in [2.75, 3.05) is 13.2 Å². The summed E-state index contributed by atoms with van der Waals surface area (Å²) in [6.45, 7) is 3.40. The van der Waals surface area contributed by atoms with E-state index >= 15 is 0 Å². The van der Waals surface area contributed by atoms with E-state index in [2.05, 4.69) is 14.9 Å². The zero-order valence-corrected chi connectivity index (χ0v) is 17.1. The molecule has 2 aromatic carbocycles. The molecule has 1 aliphatic heterocycles. The van der Waals surface area contributed by atoms with Gasteiger partial charge in [-0.2, -0.15) is 4.98 Å². The third kappa shape index (κ3) is 5.19. The first-order valence-electron chi connectivity index (χ1n) is 10.00. The second kappa shape index (κ2) is 8.89. The molecule has 2 heterocycles. The van der Waals surface area contributed by atoms with Gasteiger partial charge in [-0.3, -0.25) is 4.79 Å². The van der Waals surface area contributed by atoms with E-state index in [0.717, 1.165) is 11.3 Å². The molecule has 3 aromatic rings. The maximum Gasteiger partial charge on any atom is 0.573 e. The Morgan fingerprint density at radius 3 is 2.44 bits per heavy atom. The van der Waals surface area contributed by atoms with Crippen molar-refractivity contribution in [1.29, 1.82) is 0 Å². The van der Waals surface area contributed by atoms with E-state index in [-0.39, 0.29) is 29.8 Å². The summed E-state index contributed by atoms with van der Waals surface area (Å²) in [5, 5.41) is 3.90. The highest BCUT2D eigenvalue weighted by Gasteiger charge is 2.34. The van der Waals surface area contributed by atoms with Crippen LogP contribution in [0.4, 0.5) is 13.2 Å². The van der Waals surface area contributed by atoms with Crippen LogP contribution in [-0.2, 0) is 11.3 Å². The fourth-order valence-electron chi connectivity index (χ4n) is 3.49. The molecule has 1 unspecified atom stereocenters. The molecule has 168 valence electrons. The van der Waals surface area contributed by atoms with Crippen LogP contribution in [0.3, 0.4) is 0 Å². The summed E-state index contributed by atoms with van der Waals surface area (Å²) in [7, 11) is 0. The molecule has 1 aliphatic rings. The third-order valence-corrected chi connectivity index (χ3v) is 4.96. The summed E-state index contributed by atoms with van der Waals surface area (Å²) in [5.41, 5.74) is 1.46. The van der Waals surface area contributed by atoms with Gasteiger partial charge < -0.3 is 18.9 Å². The van der Waals surface area contributed by atoms with Gasteiger partial charge in [0, 0.05) is 25.1 Å². The summed E-state index contributed by atoms with van der Waals surface area (Å²) in [4.78, 5) is 18.5. The van der Waals surface area contributed by atoms with Gasteiger partial charge in [-0.05, 0) is 48.9 Å². The van der Waals surface area contributed by atoms with E-state index in [0.29, 0.717) is 31.2 Å². The lowest BCUT2D eigenvalue weighted by atomic mass is 10.1.